The molecule has 0 aliphatic rings. The van der Waals surface area contributed by atoms with Crippen molar-refractivity contribution in [2.75, 3.05) is 13.7 Å². The lowest BCUT2D eigenvalue weighted by atomic mass is 10.2. The van der Waals surface area contributed by atoms with E-state index in [1.807, 2.05) is 0 Å². The summed E-state index contributed by atoms with van der Waals surface area (Å²) in [6.45, 7) is 2.44. The summed E-state index contributed by atoms with van der Waals surface area (Å²) in [4.78, 5) is 28.8. The third-order valence-corrected chi connectivity index (χ3v) is 4.96. The molecule has 0 rings (SSSR count). The maximum Gasteiger partial charge on any atom is 0.480 e. The Kier molecular flexibility index (Phi) is 10.9. The number of phosphoric acid groups is 1. The van der Waals surface area contributed by atoms with Gasteiger partial charge in [-0.1, -0.05) is 12.7 Å². The predicted molar refractivity (Wildman–Crippen MR) is 93.4 cm³/mol. The highest BCUT2D eigenvalue weighted by Crippen LogP contribution is 2.55. The van der Waals surface area contributed by atoms with Crippen LogP contribution in [-0.4, -0.2) is 58.1 Å². The van der Waals surface area contributed by atoms with Crippen molar-refractivity contribution in [1.29, 1.82) is 0 Å². The molecule has 0 spiro atoms. The number of nitrogens with two attached hydrogens (primary N) is 2. The molecule has 0 aromatic heterocycles. The maximum atomic E-state index is 11.3. The molecule has 0 saturated carbocycles. The second-order valence-electron chi connectivity index (χ2n) is 4.84. The molecule has 0 aliphatic carbocycles. The van der Waals surface area contributed by atoms with Crippen molar-refractivity contribution in [2.24, 2.45) is 11.2 Å². The number of hydrogen-bond acceptors (Lipinski definition) is 9. The third kappa shape index (κ3) is 11.2. The number of nitrogens with one attached hydrogen (secondary N) is 1. The first-order chi connectivity index (χ1) is 12.3. The van der Waals surface area contributed by atoms with E-state index in [0.717, 1.165) is 0 Å². The molecule has 0 aromatic rings. The zero-order valence-electron chi connectivity index (χ0n) is 14.2. The Labute approximate surface area is 155 Å². The van der Waals surface area contributed by atoms with Crippen LogP contribution in [0.4, 0.5) is 0 Å². The molecule has 156 valence electrons. The molecule has 4 unspecified atom stereocenters. The number of allylic oxidation sites excluding steroid dienone is 2. The third-order valence-electron chi connectivity index (χ3n) is 2.72. The summed E-state index contributed by atoms with van der Waals surface area (Å²) >= 11 is 0. The summed E-state index contributed by atoms with van der Waals surface area (Å²) in [6, 6.07) is 0. The Morgan fingerprint density at radius 1 is 1.33 bits per heavy atom. The second-order valence-corrected chi connectivity index (χ2v) is 7.82. The smallest absolute Gasteiger partial charge is 0.388 e. The van der Waals surface area contributed by atoms with Crippen molar-refractivity contribution in [3.8, 4) is 0 Å². The number of aliphatic hydroxyl groups excluding tert-OH is 2. The summed E-state index contributed by atoms with van der Waals surface area (Å²) in [6.07, 6.45) is 0.524. The van der Waals surface area contributed by atoms with Gasteiger partial charge >= 0.3 is 15.6 Å². The molecule has 0 heterocycles. The second kappa shape index (κ2) is 11.5. The van der Waals surface area contributed by atoms with E-state index in [1.165, 1.54) is 31.5 Å². The Hall–Kier alpha value is -1.37. The van der Waals surface area contributed by atoms with E-state index in [9.17, 15) is 24.1 Å². The molecule has 0 fully saturated rings. The van der Waals surface area contributed by atoms with Gasteiger partial charge in [0.25, 0.3) is 0 Å². The van der Waals surface area contributed by atoms with Gasteiger partial charge in [0.05, 0.1) is 6.61 Å². The fourth-order valence-electron chi connectivity index (χ4n) is 1.50. The first-order valence-corrected chi connectivity index (χ1v) is 10.2. The minimum Gasteiger partial charge on any atom is -0.388 e. The fraction of sp³-hybridized carbons (Fsp3) is 0.417. The van der Waals surface area contributed by atoms with Crippen molar-refractivity contribution >= 4 is 21.5 Å². The molecule has 0 bridgehead atoms. The van der Waals surface area contributed by atoms with Crippen LogP contribution in [0.3, 0.4) is 0 Å². The van der Waals surface area contributed by atoms with E-state index < -0.39 is 46.5 Å². The highest BCUT2D eigenvalue weighted by Gasteiger charge is 2.34. The summed E-state index contributed by atoms with van der Waals surface area (Å²) in [5, 5.41) is 22.3. The van der Waals surface area contributed by atoms with E-state index in [1.54, 1.807) is 0 Å². The first-order valence-electron chi connectivity index (χ1n) is 7.07. The average molecular weight is 431 g/mol. The van der Waals surface area contributed by atoms with Gasteiger partial charge in [0.1, 0.15) is 12.2 Å². The predicted octanol–water partition coefficient (Wildman–Crippen LogP) is -1.43. The zero-order chi connectivity index (χ0) is 21.3. The lowest BCUT2D eigenvalue weighted by molar-refractivity contribution is -0.114. The molecule has 0 aromatic carbocycles. The number of methoxy groups -OCH3 is 1. The molecule has 9 N–H and O–H groups in total. The van der Waals surface area contributed by atoms with Gasteiger partial charge in [0.15, 0.2) is 6.23 Å². The number of primary amides is 1. The van der Waals surface area contributed by atoms with Crippen LogP contribution < -0.4 is 16.6 Å². The van der Waals surface area contributed by atoms with E-state index in [0.29, 0.717) is 0 Å². The van der Waals surface area contributed by atoms with Crippen LogP contribution in [0, 0.1) is 0 Å². The van der Waals surface area contributed by atoms with Crippen molar-refractivity contribution < 1.29 is 47.5 Å². The van der Waals surface area contributed by atoms with E-state index in [-0.39, 0.29) is 5.57 Å². The van der Waals surface area contributed by atoms with E-state index in [4.69, 9.17) is 20.3 Å². The molecule has 0 radical (unpaired) electrons. The van der Waals surface area contributed by atoms with Gasteiger partial charge in [-0.25, -0.2) is 14.6 Å². The van der Waals surface area contributed by atoms with Crippen LogP contribution in [0.25, 0.3) is 0 Å². The Bertz CT molecular complexity index is 662. The number of rotatable bonds is 13. The topological polar surface area (TPSA) is 224 Å². The van der Waals surface area contributed by atoms with E-state index in [2.05, 4.69) is 26.2 Å². The molecular formula is C12H23N3O10P2. The fourth-order valence-corrected chi connectivity index (χ4v) is 3.21. The van der Waals surface area contributed by atoms with Gasteiger partial charge < -0.3 is 35.8 Å². The zero-order valence-corrected chi connectivity index (χ0v) is 16.0. The molecule has 1 amide bonds. The Morgan fingerprint density at radius 2 is 1.93 bits per heavy atom. The molecular weight excluding hydrogens is 408 g/mol. The molecule has 5 atom stereocenters. The van der Waals surface area contributed by atoms with Crippen molar-refractivity contribution in [3.05, 3.63) is 36.6 Å². The number of amides is 1. The summed E-state index contributed by atoms with van der Waals surface area (Å²) in [5.74, 6) is -0.703. The van der Waals surface area contributed by atoms with Crippen molar-refractivity contribution in [2.45, 2.75) is 18.4 Å². The summed E-state index contributed by atoms with van der Waals surface area (Å²) in [5.41, 5.74) is 9.76. The number of carbonyl (C=O) groups is 1. The lowest BCUT2D eigenvalue weighted by Gasteiger charge is -2.26. The van der Waals surface area contributed by atoms with Gasteiger partial charge in [-0.3, -0.25) is 9.32 Å². The van der Waals surface area contributed by atoms with Crippen LogP contribution in [0.5, 0.6) is 0 Å². The summed E-state index contributed by atoms with van der Waals surface area (Å²) < 4.78 is 35.0. The van der Waals surface area contributed by atoms with Gasteiger partial charge in [-0.2, -0.15) is 4.31 Å². The Balaban J connectivity index is 4.75. The van der Waals surface area contributed by atoms with Crippen LogP contribution in [0.1, 0.15) is 0 Å². The lowest BCUT2D eigenvalue weighted by Crippen LogP contribution is -2.47. The molecule has 15 heteroatoms. The van der Waals surface area contributed by atoms with Crippen LogP contribution in [0.15, 0.2) is 36.6 Å². The first kappa shape index (κ1) is 25.6. The monoisotopic (exact) mass is 431 g/mol. The minimum atomic E-state index is -5.04. The SMILES string of the molecule is C=C/C(=C\C=C/NC(OC)[C@@H](O)C(O)COP(=O)(O)OP(N)(=O)O)C(N)=O. The van der Waals surface area contributed by atoms with Crippen LogP contribution >= 0.6 is 15.6 Å². The van der Waals surface area contributed by atoms with Crippen LogP contribution in [-0.2, 0) is 27.5 Å². The van der Waals surface area contributed by atoms with Gasteiger partial charge in [0, 0.05) is 12.7 Å². The molecule has 0 aliphatic heterocycles. The van der Waals surface area contributed by atoms with Crippen LogP contribution in [0.2, 0.25) is 0 Å². The van der Waals surface area contributed by atoms with Gasteiger partial charge in [-0.05, 0) is 18.4 Å². The largest absolute Gasteiger partial charge is 0.480 e. The van der Waals surface area contributed by atoms with Gasteiger partial charge in [-0.15, -0.1) is 0 Å². The van der Waals surface area contributed by atoms with E-state index >= 15 is 0 Å². The maximum absolute atomic E-state index is 11.3. The van der Waals surface area contributed by atoms with Crippen molar-refractivity contribution in [1.82, 2.24) is 5.32 Å². The number of aliphatic hydroxyl groups is 2. The number of phosphoric ester groups is 1. The number of hydrogen-bond donors (Lipinski definition) is 7. The number of carbonyl (C=O) groups excluding carboxylic acids is 1. The molecule has 13 nitrogen and oxygen atoms in total. The standard InChI is InChI=1S/C12H23N3O10P2/c1-3-8(11(13)18)5-4-6-15-12(23-2)10(17)9(16)7-24-27(21,22)25-26(14,19)20/h3-6,9-10,12,15-17H,1,7H2,2H3,(H2,13,18)(H,21,22)(H3,14,19,20)/b6-4-,8-5+/t9?,10-,12?/m0/s1. The Morgan fingerprint density at radius 3 is 2.37 bits per heavy atom. The highest BCUT2D eigenvalue weighted by molar-refractivity contribution is 7.62. The molecule has 0 saturated heterocycles. The van der Waals surface area contributed by atoms with Gasteiger partial charge in [0.2, 0.25) is 5.91 Å². The molecule has 27 heavy (non-hydrogen) atoms. The van der Waals surface area contributed by atoms with Crippen molar-refractivity contribution in [3.63, 3.8) is 0 Å². The minimum absolute atomic E-state index is 0.121. The average Bonchev–Trinajstić information content (AvgIpc) is 2.53. The highest BCUT2D eigenvalue weighted by atomic mass is 31.3. The number of ether oxygens (including phenoxy) is 1. The quantitative estimate of drug-likeness (QED) is 0.0771. The summed E-state index contributed by atoms with van der Waals surface area (Å²) in [7, 11) is -8.66. The normalized spacial score (nSPS) is 20.3.